The van der Waals surface area contributed by atoms with Crippen molar-refractivity contribution in [2.45, 2.75) is 19.8 Å². The molecule has 1 aromatic carbocycles. The van der Waals surface area contributed by atoms with Crippen molar-refractivity contribution in [1.82, 2.24) is 9.97 Å². The summed E-state index contributed by atoms with van der Waals surface area (Å²) in [5.74, 6) is -0.209. The van der Waals surface area contributed by atoms with E-state index in [4.69, 9.17) is 4.74 Å². The van der Waals surface area contributed by atoms with E-state index in [0.29, 0.717) is 37.0 Å². The first-order chi connectivity index (χ1) is 10.2. The van der Waals surface area contributed by atoms with E-state index in [2.05, 4.69) is 15.3 Å². The molecular formula is C15H17F2N3O. The van der Waals surface area contributed by atoms with Gasteiger partial charge < -0.3 is 10.1 Å². The van der Waals surface area contributed by atoms with Crippen LogP contribution in [0.2, 0.25) is 0 Å². The Bertz CT molecular complexity index is 573. The van der Waals surface area contributed by atoms with Gasteiger partial charge in [0, 0.05) is 24.9 Å². The Morgan fingerprint density at radius 2 is 1.95 bits per heavy atom. The lowest BCUT2D eigenvalue weighted by atomic mass is 10.1. The number of benzene rings is 1. The van der Waals surface area contributed by atoms with E-state index in [1.165, 1.54) is 12.1 Å². The lowest BCUT2D eigenvalue weighted by Crippen LogP contribution is -2.09. The molecule has 0 saturated carbocycles. The minimum Gasteiger partial charge on any atom is -0.478 e. The third-order valence-electron chi connectivity index (χ3n) is 2.70. The summed E-state index contributed by atoms with van der Waals surface area (Å²) in [7, 11) is 0. The number of anilines is 1. The molecule has 6 heteroatoms. The molecule has 0 radical (unpaired) electrons. The lowest BCUT2D eigenvalue weighted by molar-refractivity contribution is 0.305. The van der Waals surface area contributed by atoms with Gasteiger partial charge in [0.15, 0.2) is 0 Å². The standard InChI is InChI=1S/C15H17F2N3O/c1-2-7-21-14-4-6-19-15(20-14)18-5-3-11-8-12(16)10-13(17)9-11/h4,6,8-10H,2-3,5,7H2,1H3,(H,18,19,20). The van der Waals surface area contributed by atoms with Crippen LogP contribution < -0.4 is 10.1 Å². The topological polar surface area (TPSA) is 47.0 Å². The molecule has 112 valence electrons. The van der Waals surface area contributed by atoms with Crippen LogP contribution in [0.1, 0.15) is 18.9 Å². The summed E-state index contributed by atoms with van der Waals surface area (Å²) in [5, 5.41) is 3.00. The highest BCUT2D eigenvalue weighted by molar-refractivity contribution is 5.28. The van der Waals surface area contributed by atoms with Crippen molar-refractivity contribution in [2.75, 3.05) is 18.5 Å². The molecule has 0 aliphatic rings. The smallest absolute Gasteiger partial charge is 0.225 e. The molecule has 1 aromatic heterocycles. The summed E-state index contributed by atoms with van der Waals surface area (Å²) in [6, 6.07) is 5.16. The molecule has 21 heavy (non-hydrogen) atoms. The summed E-state index contributed by atoms with van der Waals surface area (Å²) >= 11 is 0. The normalized spacial score (nSPS) is 10.4. The Hall–Kier alpha value is -2.24. The summed E-state index contributed by atoms with van der Waals surface area (Å²) in [6.07, 6.45) is 2.97. The van der Waals surface area contributed by atoms with Gasteiger partial charge in [-0.15, -0.1) is 0 Å². The van der Waals surface area contributed by atoms with Crippen molar-refractivity contribution >= 4 is 5.95 Å². The van der Waals surface area contributed by atoms with Gasteiger partial charge in [0.1, 0.15) is 11.6 Å². The largest absolute Gasteiger partial charge is 0.478 e. The molecule has 0 aliphatic carbocycles. The number of nitrogens with zero attached hydrogens (tertiary/aromatic N) is 2. The van der Waals surface area contributed by atoms with Crippen LogP contribution in [0.4, 0.5) is 14.7 Å². The van der Waals surface area contributed by atoms with Gasteiger partial charge in [-0.3, -0.25) is 0 Å². The summed E-state index contributed by atoms with van der Waals surface area (Å²) in [5.41, 5.74) is 0.582. The number of ether oxygens (including phenoxy) is 1. The van der Waals surface area contributed by atoms with Gasteiger partial charge in [-0.25, -0.2) is 13.8 Å². The van der Waals surface area contributed by atoms with Crippen molar-refractivity contribution in [3.63, 3.8) is 0 Å². The van der Waals surface area contributed by atoms with E-state index in [-0.39, 0.29) is 0 Å². The van der Waals surface area contributed by atoms with Crippen LogP contribution in [0.5, 0.6) is 5.88 Å². The molecule has 0 unspecified atom stereocenters. The number of rotatable bonds is 7. The maximum absolute atomic E-state index is 13.0. The Balaban J connectivity index is 1.88. The van der Waals surface area contributed by atoms with Crippen molar-refractivity contribution in [3.05, 3.63) is 47.7 Å². The predicted molar refractivity (Wildman–Crippen MR) is 76.4 cm³/mol. The molecule has 0 amide bonds. The average molecular weight is 293 g/mol. The van der Waals surface area contributed by atoms with Crippen molar-refractivity contribution < 1.29 is 13.5 Å². The number of aromatic nitrogens is 2. The van der Waals surface area contributed by atoms with E-state index in [0.717, 1.165) is 12.5 Å². The van der Waals surface area contributed by atoms with Crippen LogP contribution in [0.15, 0.2) is 30.5 Å². The molecule has 0 saturated heterocycles. The van der Waals surface area contributed by atoms with Crippen LogP contribution >= 0.6 is 0 Å². The van der Waals surface area contributed by atoms with E-state index < -0.39 is 11.6 Å². The molecule has 2 rings (SSSR count). The van der Waals surface area contributed by atoms with Crippen molar-refractivity contribution in [2.24, 2.45) is 0 Å². The van der Waals surface area contributed by atoms with Gasteiger partial charge in [-0.2, -0.15) is 4.98 Å². The molecule has 1 heterocycles. The fraction of sp³-hybridized carbons (Fsp3) is 0.333. The highest BCUT2D eigenvalue weighted by Gasteiger charge is 2.02. The first-order valence-electron chi connectivity index (χ1n) is 6.82. The van der Waals surface area contributed by atoms with Crippen LogP contribution in [0.25, 0.3) is 0 Å². The fourth-order valence-electron chi connectivity index (χ4n) is 1.79. The van der Waals surface area contributed by atoms with E-state index in [1.54, 1.807) is 12.3 Å². The van der Waals surface area contributed by atoms with Crippen LogP contribution in [0.3, 0.4) is 0 Å². The van der Waals surface area contributed by atoms with Crippen LogP contribution in [0, 0.1) is 11.6 Å². The Morgan fingerprint density at radius 3 is 2.67 bits per heavy atom. The summed E-state index contributed by atoms with van der Waals surface area (Å²) in [6.45, 7) is 3.08. The zero-order valence-electron chi connectivity index (χ0n) is 11.8. The zero-order chi connectivity index (χ0) is 15.1. The lowest BCUT2D eigenvalue weighted by Gasteiger charge is -2.07. The second kappa shape index (κ2) is 7.52. The molecule has 0 fully saturated rings. The average Bonchev–Trinajstić information content (AvgIpc) is 2.44. The monoisotopic (exact) mass is 293 g/mol. The molecule has 0 atom stereocenters. The Morgan fingerprint density at radius 1 is 1.19 bits per heavy atom. The second-order valence-corrected chi connectivity index (χ2v) is 4.52. The van der Waals surface area contributed by atoms with Gasteiger partial charge in [-0.05, 0) is 30.5 Å². The maximum Gasteiger partial charge on any atom is 0.225 e. The number of nitrogens with one attached hydrogen (secondary N) is 1. The first kappa shape index (κ1) is 15.2. The summed E-state index contributed by atoms with van der Waals surface area (Å²) < 4.78 is 31.5. The Kier molecular flexibility index (Phi) is 5.43. The minimum absolute atomic E-state index is 0.431. The van der Waals surface area contributed by atoms with Gasteiger partial charge in [0.2, 0.25) is 11.8 Å². The highest BCUT2D eigenvalue weighted by Crippen LogP contribution is 2.10. The van der Waals surface area contributed by atoms with Crippen molar-refractivity contribution in [1.29, 1.82) is 0 Å². The van der Waals surface area contributed by atoms with Gasteiger partial charge in [-0.1, -0.05) is 6.92 Å². The molecule has 2 aromatic rings. The quantitative estimate of drug-likeness (QED) is 0.851. The predicted octanol–water partition coefficient (Wildman–Crippen LogP) is 3.20. The first-order valence-corrected chi connectivity index (χ1v) is 6.82. The van der Waals surface area contributed by atoms with Crippen molar-refractivity contribution in [3.8, 4) is 5.88 Å². The Labute approximate surface area is 122 Å². The maximum atomic E-state index is 13.0. The minimum atomic E-state index is -0.573. The number of hydrogen-bond acceptors (Lipinski definition) is 4. The zero-order valence-corrected chi connectivity index (χ0v) is 11.8. The molecule has 4 nitrogen and oxygen atoms in total. The molecule has 1 N–H and O–H groups in total. The SMILES string of the molecule is CCCOc1ccnc(NCCc2cc(F)cc(F)c2)n1. The van der Waals surface area contributed by atoms with Gasteiger partial charge >= 0.3 is 0 Å². The number of hydrogen-bond donors (Lipinski definition) is 1. The third kappa shape index (κ3) is 4.98. The number of halogens is 2. The molecule has 0 aliphatic heterocycles. The highest BCUT2D eigenvalue weighted by atomic mass is 19.1. The molecule has 0 bridgehead atoms. The molecule has 0 spiro atoms. The third-order valence-corrected chi connectivity index (χ3v) is 2.70. The van der Waals surface area contributed by atoms with Gasteiger partial charge in [0.05, 0.1) is 6.61 Å². The van der Waals surface area contributed by atoms with E-state index in [9.17, 15) is 8.78 Å². The molecular weight excluding hydrogens is 276 g/mol. The van der Waals surface area contributed by atoms with Crippen LogP contribution in [-0.2, 0) is 6.42 Å². The van der Waals surface area contributed by atoms with Gasteiger partial charge in [0.25, 0.3) is 0 Å². The summed E-state index contributed by atoms with van der Waals surface area (Å²) in [4.78, 5) is 8.25. The second-order valence-electron chi connectivity index (χ2n) is 4.52. The van der Waals surface area contributed by atoms with E-state index in [1.807, 2.05) is 6.92 Å². The fourth-order valence-corrected chi connectivity index (χ4v) is 1.79. The van der Waals surface area contributed by atoms with Crippen LogP contribution in [-0.4, -0.2) is 23.1 Å². The van der Waals surface area contributed by atoms with E-state index >= 15 is 0 Å².